The van der Waals surface area contributed by atoms with Crippen LogP contribution >= 0.6 is 0 Å². The molecule has 0 bridgehead atoms. The highest BCUT2D eigenvalue weighted by Crippen LogP contribution is 2.12. The predicted molar refractivity (Wildman–Crippen MR) is 63.4 cm³/mol. The van der Waals surface area contributed by atoms with Gasteiger partial charge >= 0.3 is 0 Å². The molecule has 0 aromatic heterocycles. The Morgan fingerprint density at radius 3 is 2.53 bits per heavy atom. The van der Waals surface area contributed by atoms with Gasteiger partial charge in [0, 0.05) is 6.42 Å². The van der Waals surface area contributed by atoms with Crippen molar-refractivity contribution >= 4 is 0 Å². The molecule has 0 fully saturated rings. The van der Waals surface area contributed by atoms with Crippen LogP contribution < -0.4 is 0 Å². The molecule has 0 spiro atoms. The van der Waals surface area contributed by atoms with Gasteiger partial charge in [-0.1, -0.05) is 49.1 Å². The van der Waals surface area contributed by atoms with Gasteiger partial charge in [0.05, 0.1) is 0 Å². The Balaban J connectivity index is 2.55. The average Bonchev–Trinajstić information content (AvgIpc) is 2.25. The SMILES string of the molecule is CCCCC#CC(O)c1ccc(C)cc1. The van der Waals surface area contributed by atoms with E-state index in [1.54, 1.807) is 0 Å². The molecule has 15 heavy (non-hydrogen) atoms. The minimum absolute atomic E-state index is 0.637. The highest BCUT2D eigenvalue weighted by atomic mass is 16.3. The van der Waals surface area contributed by atoms with Crippen molar-refractivity contribution in [2.45, 2.75) is 39.2 Å². The van der Waals surface area contributed by atoms with E-state index in [4.69, 9.17) is 0 Å². The van der Waals surface area contributed by atoms with Gasteiger partial charge in [-0.05, 0) is 18.9 Å². The molecule has 0 aliphatic carbocycles. The third-order valence-corrected chi connectivity index (χ3v) is 2.29. The third-order valence-electron chi connectivity index (χ3n) is 2.29. The summed E-state index contributed by atoms with van der Waals surface area (Å²) >= 11 is 0. The van der Waals surface area contributed by atoms with E-state index in [-0.39, 0.29) is 0 Å². The van der Waals surface area contributed by atoms with Crippen molar-refractivity contribution in [3.8, 4) is 11.8 Å². The second-order valence-electron chi connectivity index (χ2n) is 3.74. The summed E-state index contributed by atoms with van der Waals surface area (Å²) in [5.41, 5.74) is 2.08. The van der Waals surface area contributed by atoms with Gasteiger partial charge in [-0.2, -0.15) is 0 Å². The van der Waals surface area contributed by atoms with Crippen molar-refractivity contribution in [2.75, 3.05) is 0 Å². The van der Waals surface area contributed by atoms with Gasteiger partial charge in [0.1, 0.15) is 6.10 Å². The molecule has 1 unspecified atom stereocenters. The molecule has 0 aliphatic heterocycles. The van der Waals surface area contributed by atoms with E-state index in [2.05, 4.69) is 18.8 Å². The molecule has 80 valence electrons. The van der Waals surface area contributed by atoms with Gasteiger partial charge in [0.25, 0.3) is 0 Å². The van der Waals surface area contributed by atoms with Crippen LogP contribution in [0.25, 0.3) is 0 Å². The smallest absolute Gasteiger partial charge is 0.140 e. The highest BCUT2D eigenvalue weighted by Gasteiger charge is 2.01. The number of aryl methyl sites for hydroxylation is 1. The molecule has 1 N–H and O–H groups in total. The minimum Gasteiger partial charge on any atom is -0.376 e. The first-order chi connectivity index (χ1) is 7.24. The van der Waals surface area contributed by atoms with Crippen molar-refractivity contribution in [1.82, 2.24) is 0 Å². The minimum atomic E-state index is -0.637. The van der Waals surface area contributed by atoms with Crippen molar-refractivity contribution in [3.05, 3.63) is 35.4 Å². The zero-order valence-electron chi connectivity index (χ0n) is 9.46. The van der Waals surface area contributed by atoms with Crippen molar-refractivity contribution in [1.29, 1.82) is 0 Å². The van der Waals surface area contributed by atoms with E-state index in [0.717, 1.165) is 24.8 Å². The normalized spacial score (nSPS) is 11.7. The molecule has 0 saturated carbocycles. The Labute approximate surface area is 92.1 Å². The first kappa shape index (κ1) is 11.8. The molecule has 1 aromatic rings. The molecule has 1 aromatic carbocycles. The molecule has 0 radical (unpaired) electrons. The maximum Gasteiger partial charge on any atom is 0.140 e. The van der Waals surface area contributed by atoms with E-state index in [0.29, 0.717) is 0 Å². The second-order valence-corrected chi connectivity index (χ2v) is 3.74. The zero-order valence-corrected chi connectivity index (χ0v) is 9.46. The number of rotatable bonds is 3. The van der Waals surface area contributed by atoms with Crippen LogP contribution in [0.15, 0.2) is 24.3 Å². The molecule has 0 amide bonds. The lowest BCUT2D eigenvalue weighted by atomic mass is 10.1. The molecule has 1 heteroatoms. The first-order valence-corrected chi connectivity index (χ1v) is 5.47. The lowest BCUT2D eigenvalue weighted by Gasteiger charge is -2.03. The fourth-order valence-corrected chi connectivity index (χ4v) is 1.27. The topological polar surface area (TPSA) is 20.2 Å². The van der Waals surface area contributed by atoms with Gasteiger partial charge in [0.15, 0.2) is 0 Å². The number of benzene rings is 1. The van der Waals surface area contributed by atoms with Crippen molar-refractivity contribution in [3.63, 3.8) is 0 Å². The molecule has 0 saturated heterocycles. The van der Waals surface area contributed by atoms with Crippen molar-refractivity contribution < 1.29 is 5.11 Å². The maximum absolute atomic E-state index is 9.74. The van der Waals surface area contributed by atoms with Crippen LogP contribution in [0.3, 0.4) is 0 Å². The van der Waals surface area contributed by atoms with E-state index in [1.165, 1.54) is 5.56 Å². The Bertz CT molecular complexity index is 340. The van der Waals surface area contributed by atoms with Gasteiger partial charge < -0.3 is 5.11 Å². The van der Waals surface area contributed by atoms with Crippen molar-refractivity contribution in [2.24, 2.45) is 0 Å². The molecular formula is C14H18O. The summed E-state index contributed by atoms with van der Waals surface area (Å²) in [6.07, 6.45) is 2.49. The van der Waals surface area contributed by atoms with E-state index in [1.807, 2.05) is 31.2 Å². The summed E-state index contributed by atoms with van der Waals surface area (Å²) in [4.78, 5) is 0. The summed E-state index contributed by atoms with van der Waals surface area (Å²) in [6, 6.07) is 7.83. The standard InChI is InChI=1S/C14H18O/c1-3-4-5-6-7-14(15)13-10-8-12(2)9-11-13/h8-11,14-15H,3-5H2,1-2H3. The van der Waals surface area contributed by atoms with Crippen LogP contribution in [0.4, 0.5) is 0 Å². The molecule has 1 nitrogen and oxygen atoms in total. The van der Waals surface area contributed by atoms with Crippen LogP contribution in [-0.4, -0.2) is 5.11 Å². The lowest BCUT2D eigenvalue weighted by Crippen LogP contribution is -1.93. The number of hydrogen-bond donors (Lipinski definition) is 1. The maximum atomic E-state index is 9.74. The quantitative estimate of drug-likeness (QED) is 0.589. The molecule has 0 heterocycles. The Kier molecular flexibility index (Phi) is 4.93. The van der Waals surface area contributed by atoms with E-state index < -0.39 is 6.10 Å². The van der Waals surface area contributed by atoms with Gasteiger partial charge in [0.2, 0.25) is 0 Å². The number of aliphatic hydroxyl groups is 1. The summed E-state index contributed by atoms with van der Waals surface area (Å²) in [6.45, 7) is 4.17. The number of hydrogen-bond acceptors (Lipinski definition) is 1. The predicted octanol–water partition coefficient (Wildman–Crippen LogP) is 3.22. The van der Waals surface area contributed by atoms with Crippen LogP contribution in [0.1, 0.15) is 43.4 Å². The fraction of sp³-hybridized carbons (Fsp3) is 0.429. The fourth-order valence-electron chi connectivity index (χ4n) is 1.27. The largest absolute Gasteiger partial charge is 0.376 e. The summed E-state index contributed by atoms with van der Waals surface area (Å²) in [5, 5.41) is 9.74. The monoisotopic (exact) mass is 202 g/mol. The average molecular weight is 202 g/mol. The zero-order chi connectivity index (χ0) is 11.1. The van der Waals surface area contributed by atoms with Gasteiger partial charge in [-0.3, -0.25) is 0 Å². The third kappa shape index (κ3) is 4.18. The Morgan fingerprint density at radius 2 is 1.93 bits per heavy atom. The van der Waals surface area contributed by atoms with Gasteiger partial charge in [-0.25, -0.2) is 0 Å². The highest BCUT2D eigenvalue weighted by molar-refractivity contribution is 5.27. The summed E-state index contributed by atoms with van der Waals surface area (Å²) < 4.78 is 0. The first-order valence-electron chi connectivity index (χ1n) is 5.47. The van der Waals surface area contributed by atoms with Crippen LogP contribution in [0, 0.1) is 18.8 Å². The Hall–Kier alpha value is -1.26. The van der Waals surface area contributed by atoms with Crippen LogP contribution in [-0.2, 0) is 0 Å². The molecule has 1 atom stereocenters. The number of aliphatic hydroxyl groups excluding tert-OH is 1. The molecule has 1 rings (SSSR count). The second kappa shape index (κ2) is 6.27. The van der Waals surface area contributed by atoms with Crippen LogP contribution in [0.2, 0.25) is 0 Å². The molecular weight excluding hydrogens is 184 g/mol. The van der Waals surface area contributed by atoms with Crippen LogP contribution in [0.5, 0.6) is 0 Å². The Morgan fingerprint density at radius 1 is 1.27 bits per heavy atom. The van der Waals surface area contributed by atoms with E-state index in [9.17, 15) is 5.11 Å². The summed E-state index contributed by atoms with van der Waals surface area (Å²) in [7, 11) is 0. The lowest BCUT2D eigenvalue weighted by molar-refractivity contribution is 0.238. The number of unbranched alkanes of at least 4 members (excludes halogenated alkanes) is 2. The van der Waals surface area contributed by atoms with E-state index >= 15 is 0 Å². The molecule has 0 aliphatic rings. The summed E-state index contributed by atoms with van der Waals surface area (Å²) in [5.74, 6) is 5.86. The van der Waals surface area contributed by atoms with Gasteiger partial charge in [-0.15, -0.1) is 5.92 Å².